The molecule has 6 N–H and O–H groups in total. The SMILES string of the molecule is CCC(CC)(NC(=O)c1ccc(N2CC(OC)C2)c(OC[C@H]2C[C@@H]2CO)n1)C(=O)NCCOCCOCCNC(=O)c1ccc2c(c1)C(=O)OC21c2ccc(O)cc2Oc2cc(O)ccc21. The molecule has 350 valence electrons. The van der Waals surface area contributed by atoms with E-state index in [1.54, 1.807) is 43.5 Å². The molecule has 4 aromatic rings. The van der Waals surface area contributed by atoms with Crippen LogP contribution < -0.4 is 30.3 Å². The molecule has 1 spiro atoms. The van der Waals surface area contributed by atoms with Crippen molar-refractivity contribution >= 4 is 29.4 Å². The third-order valence-electron chi connectivity index (χ3n) is 12.8. The molecule has 2 fully saturated rings. The Hall–Kier alpha value is -6.47. The molecular formula is C48H55N5O13. The van der Waals surface area contributed by atoms with Crippen LogP contribution in [0, 0.1) is 11.8 Å². The average molecular weight is 910 g/mol. The van der Waals surface area contributed by atoms with Crippen molar-refractivity contribution < 1.29 is 62.9 Å². The van der Waals surface area contributed by atoms with Crippen molar-refractivity contribution in [3.8, 4) is 28.9 Å². The first-order chi connectivity index (χ1) is 31.9. The zero-order valence-electron chi connectivity index (χ0n) is 37.1. The third-order valence-corrected chi connectivity index (χ3v) is 12.8. The lowest BCUT2D eigenvalue weighted by Crippen LogP contribution is -2.58. The molecule has 1 aliphatic carbocycles. The van der Waals surface area contributed by atoms with E-state index in [2.05, 4.69) is 25.8 Å². The van der Waals surface area contributed by atoms with Crippen molar-refractivity contribution in [2.24, 2.45) is 11.8 Å². The number of benzene rings is 3. The van der Waals surface area contributed by atoms with Gasteiger partial charge in [0.25, 0.3) is 11.8 Å². The Morgan fingerprint density at radius 2 is 1.48 bits per heavy atom. The van der Waals surface area contributed by atoms with Crippen molar-refractivity contribution in [2.45, 2.75) is 50.4 Å². The van der Waals surface area contributed by atoms with Crippen molar-refractivity contribution in [3.63, 3.8) is 0 Å². The van der Waals surface area contributed by atoms with E-state index in [0.717, 1.165) is 12.1 Å². The van der Waals surface area contributed by atoms with E-state index in [-0.39, 0.29) is 110 Å². The van der Waals surface area contributed by atoms with Crippen molar-refractivity contribution in [2.75, 3.05) is 77.8 Å². The second-order valence-corrected chi connectivity index (χ2v) is 16.8. The highest BCUT2D eigenvalue weighted by atomic mass is 16.6. The largest absolute Gasteiger partial charge is 0.508 e. The maximum atomic E-state index is 13.6. The number of hydrogen-bond donors (Lipinski definition) is 6. The lowest BCUT2D eigenvalue weighted by molar-refractivity contribution is -0.128. The second kappa shape index (κ2) is 19.6. The number of esters is 1. The number of rotatable bonds is 21. The number of aromatic nitrogens is 1. The van der Waals surface area contributed by atoms with Gasteiger partial charge in [0.1, 0.15) is 39.9 Å². The fourth-order valence-electron chi connectivity index (χ4n) is 8.61. The number of amides is 3. The highest BCUT2D eigenvalue weighted by molar-refractivity contribution is 6.02. The van der Waals surface area contributed by atoms with Crippen LogP contribution in [0.5, 0.6) is 28.9 Å². The molecule has 18 heteroatoms. The summed E-state index contributed by atoms with van der Waals surface area (Å²) in [5, 5.41) is 38.4. The van der Waals surface area contributed by atoms with Crippen LogP contribution in [0.3, 0.4) is 0 Å². The van der Waals surface area contributed by atoms with Crippen LogP contribution >= 0.6 is 0 Å². The van der Waals surface area contributed by atoms with Gasteiger partial charge >= 0.3 is 5.97 Å². The lowest BCUT2D eigenvalue weighted by Gasteiger charge is -2.40. The van der Waals surface area contributed by atoms with Gasteiger partial charge in [-0.1, -0.05) is 19.9 Å². The zero-order chi connectivity index (χ0) is 46.6. The van der Waals surface area contributed by atoms with Gasteiger partial charge in [-0.2, -0.15) is 0 Å². The number of nitrogens with zero attached hydrogens (tertiary/aromatic N) is 2. The van der Waals surface area contributed by atoms with Gasteiger partial charge in [0.2, 0.25) is 11.8 Å². The van der Waals surface area contributed by atoms with Crippen molar-refractivity contribution in [1.29, 1.82) is 0 Å². The average Bonchev–Trinajstić information content (AvgIpc) is 4.02. The summed E-state index contributed by atoms with van der Waals surface area (Å²) in [7, 11) is 1.67. The minimum atomic E-state index is -1.43. The summed E-state index contributed by atoms with van der Waals surface area (Å²) < 4.78 is 34.9. The number of aliphatic hydroxyl groups excluding tert-OH is 1. The Morgan fingerprint density at radius 3 is 2.11 bits per heavy atom. The third kappa shape index (κ3) is 9.18. The standard InChI is InChI=1S/C48H55N5O13/c1-4-47(5-2,52-43(58)38-12-13-39(53-24-33(25-53)61-3)44(51-38)64-27-30-20-29(30)26-54)46(60)50-15-17-63-19-18-62-16-14-49-42(57)28-6-9-35-34(21-28)45(59)66-48(35)36-10-7-31(55)22-40(36)65-41-23-32(56)8-11-37(41)48/h6-13,21-23,29-30,33,54-56H,4-5,14-20,24-27H2,1-3H3,(H,49,57)(H,50,60)(H,52,58)/t29-,30-/m1/s1. The van der Waals surface area contributed by atoms with Crippen molar-refractivity contribution in [3.05, 3.63) is 100 Å². The number of phenolic OH excluding ortho intramolecular Hbond substituents is 2. The first kappa shape index (κ1) is 46.1. The molecule has 3 amide bonds. The monoisotopic (exact) mass is 909 g/mol. The summed E-state index contributed by atoms with van der Waals surface area (Å²) in [5.74, 6) is -0.738. The van der Waals surface area contributed by atoms with E-state index in [0.29, 0.717) is 55.1 Å². The van der Waals surface area contributed by atoms with Crippen LogP contribution in [0.4, 0.5) is 5.69 Å². The Bertz CT molecular complexity index is 2420. The molecule has 3 aromatic carbocycles. The second-order valence-electron chi connectivity index (χ2n) is 16.8. The topological polar surface area (TPSA) is 237 Å². The number of anilines is 1. The number of carbonyl (C=O) groups excluding carboxylic acids is 4. The smallest absolute Gasteiger partial charge is 0.340 e. The van der Waals surface area contributed by atoms with E-state index < -0.39 is 28.9 Å². The summed E-state index contributed by atoms with van der Waals surface area (Å²) in [6, 6.07) is 17.1. The quantitative estimate of drug-likeness (QED) is 0.0516. The minimum absolute atomic E-state index is 0.0535. The predicted molar refractivity (Wildman–Crippen MR) is 237 cm³/mol. The molecule has 0 unspecified atom stereocenters. The van der Waals surface area contributed by atoms with Crippen LogP contribution in [0.1, 0.15) is 81.0 Å². The number of phenols is 2. The molecule has 4 heterocycles. The summed E-state index contributed by atoms with van der Waals surface area (Å²) in [5.41, 5.74) is 0.132. The van der Waals surface area contributed by atoms with Gasteiger partial charge in [-0.3, -0.25) is 14.4 Å². The molecule has 0 radical (unpaired) electrons. The molecular weight excluding hydrogens is 855 g/mol. The van der Waals surface area contributed by atoms with E-state index >= 15 is 0 Å². The number of fused-ring (bicyclic) bond motifs is 6. The maximum Gasteiger partial charge on any atom is 0.340 e. The summed E-state index contributed by atoms with van der Waals surface area (Å²) >= 11 is 0. The molecule has 18 nitrogen and oxygen atoms in total. The number of ether oxygens (including phenoxy) is 6. The highest BCUT2D eigenvalue weighted by Crippen LogP contribution is 2.57. The zero-order valence-corrected chi connectivity index (χ0v) is 37.1. The van der Waals surface area contributed by atoms with Crippen LogP contribution in [-0.2, 0) is 29.3 Å². The first-order valence-electron chi connectivity index (χ1n) is 22.2. The Labute approximate surface area is 381 Å². The van der Waals surface area contributed by atoms with Gasteiger partial charge in [-0.05, 0) is 79.6 Å². The maximum absolute atomic E-state index is 13.6. The Balaban J connectivity index is 0.769. The fourth-order valence-corrected chi connectivity index (χ4v) is 8.61. The number of aliphatic hydroxyl groups is 1. The lowest BCUT2D eigenvalue weighted by atomic mass is 9.77. The fraction of sp³-hybridized carbons (Fsp3) is 0.438. The summed E-state index contributed by atoms with van der Waals surface area (Å²) in [6.07, 6.45) is 1.65. The number of pyridine rings is 1. The molecule has 1 aromatic heterocycles. The van der Waals surface area contributed by atoms with E-state index in [4.69, 9.17) is 28.4 Å². The predicted octanol–water partition coefficient (Wildman–Crippen LogP) is 3.77. The minimum Gasteiger partial charge on any atom is -0.508 e. The molecule has 2 atom stereocenters. The molecule has 66 heavy (non-hydrogen) atoms. The highest BCUT2D eigenvalue weighted by Gasteiger charge is 2.54. The Kier molecular flexibility index (Phi) is 13.7. The van der Waals surface area contributed by atoms with Gasteiger partial charge in [-0.15, -0.1) is 0 Å². The number of nitrogens with one attached hydrogen (secondary N) is 3. The van der Waals surface area contributed by atoms with Crippen LogP contribution in [-0.4, -0.2) is 129 Å². The Morgan fingerprint density at radius 1 is 0.833 bits per heavy atom. The number of methoxy groups -OCH3 is 1. The van der Waals surface area contributed by atoms with Gasteiger partial charge in [-0.25, -0.2) is 9.78 Å². The van der Waals surface area contributed by atoms with Crippen LogP contribution in [0.2, 0.25) is 0 Å². The van der Waals surface area contributed by atoms with Gasteiger partial charge in [0, 0.05) is 74.3 Å². The molecule has 8 rings (SSSR count). The first-order valence-corrected chi connectivity index (χ1v) is 22.2. The van der Waals surface area contributed by atoms with E-state index in [1.807, 2.05) is 13.8 Å². The molecule has 1 saturated heterocycles. The summed E-state index contributed by atoms with van der Waals surface area (Å²) in [6.45, 7) is 6.72. The van der Waals surface area contributed by atoms with Gasteiger partial charge < -0.3 is 64.6 Å². The molecule has 1 saturated carbocycles. The van der Waals surface area contributed by atoms with E-state index in [9.17, 15) is 34.5 Å². The molecule has 3 aliphatic heterocycles. The number of aromatic hydroxyl groups is 2. The summed E-state index contributed by atoms with van der Waals surface area (Å²) in [4.78, 5) is 60.3. The van der Waals surface area contributed by atoms with E-state index in [1.165, 1.54) is 30.3 Å². The molecule has 4 aliphatic rings. The van der Waals surface area contributed by atoms with Gasteiger partial charge in [0.05, 0.1) is 44.7 Å². The normalized spacial score (nSPS) is 17.7. The van der Waals surface area contributed by atoms with Crippen molar-refractivity contribution in [1.82, 2.24) is 20.9 Å². The van der Waals surface area contributed by atoms with Crippen LogP contribution in [0.15, 0.2) is 66.7 Å². The number of hydrogen-bond acceptors (Lipinski definition) is 15. The van der Waals surface area contributed by atoms with Gasteiger partial charge in [0.15, 0.2) is 5.60 Å². The number of carbonyl (C=O) groups is 4. The molecule has 0 bridgehead atoms. The van der Waals surface area contributed by atoms with Crippen LogP contribution in [0.25, 0.3) is 0 Å².